The first-order chi connectivity index (χ1) is 12.7. The Kier molecular flexibility index (Phi) is 4.96. The summed E-state index contributed by atoms with van der Waals surface area (Å²) < 4.78 is 0. The highest BCUT2D eigenvalue weighted by molar-refractivity contribution is 5.73. The molecule has 26 heavy (non-hydrogen) atoms. The average Bonchev–Trinajstić information content (AvgIpc) is 3.48. The van der Waals surface area contributed by atoms with Crippen LogP contribution in [-0.2, 0) is 11.2 Å². The van der Waals surface area contributed by atoms with Crippen molar-refractivity contribution in [3.63, 3.8) is 0 Å². The Labute approximate surface area is 155 Å². The number of rotatable bonds is 6. The molecule has 1 aliphatic carbocycles. The lowest BCUT2D eigenvalue weighted by molar-refractivity contribution is -0.138. The average molecular weight is 349 g/mol. The van der Waals surface area contributed by atoms with Gasteiger partial charge in [-0.2, -0.15) is 0 Å². The molecule has 136 valence electrons. The van der Waals surface area contributed by atoms with Gasteiger partial charge in [0.15, 0.2) is 0 Å². The van der Waals surface area contributed by atoms with Crippen LogP contribution in [0.25, 0.3) is 0 Å². The lowest BCUT2D eigenvalue weighted by Gasteiger charge is -2.34. The van der Waals surface area contributed by atoms with Crippen molar-refractivity contribution < 1.29 is 9.90 Å². The van der Waals surface area contributed by atoms with Crippen molar-refractivity contribution in [1.29, 1.82) is 0 Å². The van der Waals surface area contributed by atoms with Crippen LogP contribution in [0.4, 0.5) is 5.69 Å². The van der Waals surface area contributed by atoms with E-state index >= 15 is 0 Å². The van der Waals surface area contributed by atoms with Crippen LogP contribution in [0.15, 0.2) is 54.6 Å². The SMILES string of the molecule is O=C(O)[C@@H]1C[C@H]1CCc1ccc(N2CCCC(c3ccccc3)C2)cc1. The van der Waals surface area contributed by atoms with Gasteiger partial charge in [-0.15, -0.1) is 0 Å². The van der Waals surface area contributed by atoms with Gasteiger partial charge in [-0.05, 0) is 61.3 Å². The molecule has 2 aromatic rings. The zero-order valence-electron chi connectivity index (χ0n) is 15.2. The molecule has 2 aliphatic rings. The molecule has 1 aliphatic heterocycles. The van der Waals surface area contributed by atoms with Crippen molar-refractivity contribution in [3.05, 3.63) is 65.7 Å². The second-order valence-electron chi connectivity index (χ2n) is 7.84. The van der Waals surface area contributed by atoms with E-state index in [0.29, 0.717) is 11.8 Å². The van der Waals surface area contributed by atoms with Gasteiger partial charge in [-0.1, -0.05) is 42.5 Å². The minimum atomic E-state index is -0.622. The molecule has 1 heterocycles. The Morgan fingerprint density at radius 3 is 2.54 bits per heavy atom. The van der Waals surface area contributed by atoms with Gasteiger partial charge in [-0.25, -0.2) is 0 Å². The number of carbonyl (C=O) groups is 1. The van der Waals surface area contributed by atoms with Crippen LogP contribution < -0.4 is 4.90 Å². The molecule has 2 aromatic carbocycles. The van der Waals surface area contributed by atoms with E-state index in [4.69, 9.17) is 5.11 Å². The molecule has 0 amide bonds. The van der Waals surface area contributed by atoms with E-state index < -0.39 is 5.97 Å². The molecule has 0 bridgehead atoms. The summed E-state index contributed by atoms with van der Waals surface area (Å²) >= 11 is 0. The third kappa shape index (κ3) is 3.92. The zero-order valence-corrected chi connectivity index (χ0v) is 15.2. The molecular formula is C23H27NO2. The number of aryl methyl sites for hydroxylation is 1. The van der Waals surface area contributed by atoms with Crippen molar-refractivity contribution in [2.45, 2.75) is 38.0 Å². The van der Waals surface area contributed by atoms with Gasteiger partial charge in [0.25, 0.3) is 0 Å². The second-order valence-corrected chi connectivity index (χ2v) is 7.84. The van der Waals surface area contributed by atoms with E-state index in [0.717, 1.165) is 32.4 Å². The quantitative estimate of drug-likeness (QED) is 0.820. The van der Waals surface area contributed by atoms with E-state index in [1.807, 2.05) is 0 Å². The van der Waals surface area contributed by atoms with Gasteiger partial charge in [0.1, 0.15) is 0 Å². The predicted octanol–water partition coefficient (Wildman–Crippen LogP) is 4.72. The maximum absolute atomic E-state index is 10.9. The number of piperidine rings is 1. The van der Waals surface area contributed by atoms with Gasteiger partial charge in [0.2, 0.25) is 0 Å². The van der Waals surface area contributed by atoms with Crippen LogP contribution >= 0.6 is 0 Å². The maximum atomic E-state index is 10.9. The summed E-state index contributed by atoms with van der Waals surface area (Å²) in [5.74, 6) is 0.300. The third-order valence-electron chi connectivity index (χ3n) is 6.04. The molecular weight excluding hydrogens is 322 g/mol. The summed E-state index contributed by atoms with van der Waals surface area (Å²) in [5, 5.41) is 9.00. The van der Waals surface area contributed by atoms with Crippen molar-refractivity contribution in [2.75, 3.05) is 18.0 Å². The standard InChI is InChI=1S/C23H27NO2/c25-23(26)22-15-19(22)11-8-17-9-12-21(13-10-17)24-14-4-7-20(16-24)18-5-2-1-3-6-18/h1-3,5-6,9-10,12-13,19-20,22H,4,7-8,11,14-16H2,(H,25,26)/t19-,20?,22-/m1/s1. The van der Waals surface area contributed by atoms with E-state index in [-0.39, 0.29) is 5.92 Å². The molecule has 0 radical (unpaired) electrons. The number of anilines is 1. The molecule has 4 rings (SSSR count). The highest BCUT2D eigenvalue weighted by atomic mass is 16.4. The Hall–Kier alpha value is -2.29. The molecule has 1 N–H and O–H groups in total. The van der Waals surface area contributed by atoms with Crippen LogP contribution in [0.3, 0.4) is 0 Å². The number of benzene rings is 2. The predicted molar refractivity (Wildman–Crippen MR) is 105 cm³/mol. The topological polar surface area (TPSA) is 40.5 Å². The molecule has 3 heteroatoms. The lowest BCUT2D eigenvalue weighted by Crippen LogP contribution is -2.34. The van der Waals surface area contributed by atoms with Crippen LogP contribution in [0.1, 0.15) is 42.7 Å². The third-order valence-corrected chi connectivity index (χ3v) is 6.04. The van der Waals surface area contributed by atoms with Gasteiger partial charge in [0.05, 0.1) is 5.92 Å². The fourth-order valence-corrected chi connectivity index (χ4v) is 4.30. The van der Waals surface area contributed by atoms with Crippen LogP contribution in [-0.4, -0.2) is 24.2 Å². The van der Waals surface area contributed by atoms with Crippen molar-refractivity contribution in [3.8, 4) is 0 Å². The van der Waals surface area contributed by atoms with E-state index in [9.17, 15) is 4.79 Å². The Balaban J connectivity index is 1.34. The van der Waals surface area contributed by atoms with Gasteiger partial charge >= 0.3 is 5.97 Å². The molecule has 0 aromatic heterocycles. The summed E-state index contributed by atoms with van der Waals surface area (Å²) in [6.45, 7) is 2.22. The minimum absolute atomic E-state index is 0.0856. The van der Waals surface area contributed by atoms with Crippen molar-refractivity contribution in [2.24, 2.45) is 11.8 Å². The van der Waals surface area contributed by atoms with Gasteiger partial charge < -0.3 is 10.0 Å². The molecule has 2 fully saturated rings. The molecule has 3 atom stereocenters. The fraction of sp³-hybridized carbons (Fsp3) is 0.435. The Morgan fingerprint density at radius 1 is 1.08 bits per heavy atom. The Bertz CT molecular complexity index is 741. The van der Waals surface area contributed by atoms with Crippen molar-refractivity contribution >= 4 is 11.7 Å². The minimum Gasteiger partial charge on any atom is -0.481 e. The fourth-order valence-electron chi connectivity index (χ4n) is 4.30. The summed E-state index contributed by atoms with van der Waals surface area (Å²) in [5.41, 5.74) is 4.08. The highest BCUT2D eigenvalue weighted by Crippen LogP contribution is 2.42. The van der Waals surface area contributed by atoms with Crippen molar-refractivity contribution in [1.82, 2.24) is 0 Å². The van der Waals surface area contributed by atoms with Crippen LogP contribution in [0, 0.1) is 11.8 Å². The normalized spacial score (nSPS) is 25.1. The number of aliphatic carboxylic acids is 1. The maximum Gasteiger partial charge on any atom is 0.306 e. The second kappa shape index (κ2) is 7.53. The zero-order chi connectivity index (χ0) is 17.9. The van der Waals surface area contributed by atoms with E-state index in [2.05, 4.69) is 59.5 Å². The van der Waals surface area contributed by atoms with E-state index in [1.54, 1.807) is 0 Å². The summed E-state index contributed by atoms with van der Waals surface area (Å²) in [6, 6.07) is 19.8. The summed E-state index contributed by atoms with van der Waals surface area (Å²) in [4.78, 5) is 13.4. The number of carboxylic acids is 1. The van der Waals surface area contributed by atoms with Crippen LogP contribution in [0.5, 0.6) is 0 Å². The first-order valence-corrected chi connectivity index (χ1v) is 9.82. The number of nitrogens with zero attached hydrogens (tertiary/aromatic N) is 1. The molecule has 1 unspecified atom stereocenters. The Morgan fingerprint density at radius 2 is 1.85 bits per heavy atom. The van der Waals surface area contributed by atoms with Crippen LogP contribution in [0.2, 0.25) is 0 Å². The first kappa shape index (κ1) is 17.1. The highest BCUT2D eigenvalue weighted by Gasteiger charge is 2.42. The number of hydrogen-bond donors (Lipinski definition) is 1. The first-order valence-electron chi connectivity index (χ1n) is 9.82. The molecule has 0 spiro atoms. The summed E-state index contributed by atoms with van der Waals surface area (Å²) in [6.07, 6.45) is 5.35. The van der Waals surface area contributed by atoms with Gasteiger partial charge in [-0.3, -0.25) is 4.79 Å². The van der Waals surface area contributed by atoms with Gasteiger partial charge in [0, 0.05) is 24.7 Å². The summed E-state index contributed by atoms with van der Waals surface area (Å²) in [7, 11) is 0. The molecule has 1 saturated carbocycles. The largest absolute Gasteiger partial charge is 0.481 e. The lowest BCUT2D eigenvalue weighted by atomic mass is 9.90. The number of hydrogen-bond acceptors (Lipinski definition) is 2. The number of carboxylic acid groups (broad SMARTS) is 1. The monoisotopic (exact) mass is 349 g/mol. The smallest absolute Gasteiger partial charge is 0.306 e. The molecule has 3 nitrogen and oxygen atoms in total. The molecule has 1 saturated heterocycles. The van der Waals surface area contributed by atoms with E-state index in [1.165, 1.54) is 29.7 Å².